The fourth-order valence-electron chi connectivity index (χ4n) is 3.53. The second-order valence-electron chi connectivity index (χ2n) is 5.72. The van der Waals surface area contributed by atoms with Gasteiger partial charge in [0.1, 0.15) is 0 Å². The van der Waals surface area contributed by atoms with E-state index in [4.69, 9.17) is 0 Å². The van der Waals surface area contributed by atoms with Crippen molar-refractivity contribution >= 4 is 17.2 Å². The van der Waals surface area contributed by atoms with Crippen molar-refractivity contribution in [3.63, 3.8) is 0 Å². The molecule has 2 aliphatic rings. The van der Waals surface area contributed by atoms with Gasteiger partial charge in [-0.3, -0.25) is 4.79 Å². The molecule has 0 radical (unpaired) electrons. The number of aromatic nitrogens is 1. The van der Waals surface area contributed by atoms with Crippen molar-refractivity contribution in [1.82, 2.24) is 15.6 Å². The Hall–Kier alpha value is -0.940. The van der Waals surface area contributed by atoms with Crippen molar-refractivity contribution < 1.29 is 4.79 Å². The van der Waals surface area contributed by atoms with E-state index in [1.165, 1.54) is 19.3 Å². The van der Waals surface area contributed by atoms with E-state index in [0.29, 0.717) is 12.5 Å². The van der Waals surface area contributed by atoms with Crippen LogP contribution in [0.3, 0.4) is 0 Å². The lowest BCUT2D eigenvalue weighted by molar-refractivity contribution is -0.133. The van der Waals surface area contributed by atoms with Crippen LogP contribution in [-0.2, 0) is 11.2 Å². The third-order valence-corrected chi connectivity index (χ3v) is 5.28. The minimum Gasteiger partial charge on any atom is -0.355 e. The van der Waals surface area contributed by atoms with Crippen molar-refractivity contribution in [2.24, 2.45) is 11.3 Å². The standard InChI is InChI=1S/C14H21N3OS/c18-13(16-6-4-12-8-19-10-17-12)14-5-2-1-3-11(14)7-15-9-14/h8,10-11,15H,1-7,9H2,(H,16,18)/t11-,14+/m0/s1. The highest BCUT2D eigenvalue weighted by Crippen LogP contribution is 2.43. The monoisotopic (exact) mass is 279 g/mol. The number of nitrogens with one attached hydrogen (secondary N) is 2. The van der Waals surface area contributed by atoms with Crippen LogP contribution in [0.25, 0.3) is 0 Å². The molecule has 0 spiro atoms. The van der Waals surface area contributed by atoms with E-state index in [1.807, 2.05) is 10.9 Å². The number of hydrogen-bond acceptors (Lipinski definition) is 4. The molecule has 3 rings (SSSR count). The molecule has 1 saturated heterocycles. The first-order valence-corrected chi connectivity index (χ1v) is 8.12. The molecule has 0 aromatic carbocycles. The summed E-state index contributed by atoms with van der Waals surface area (Å²) >= 11 is 1.61. The highest BCUT2D eigenvalue weighted by atomic mass is 32.1. The first kappa shape index (κ1) is 13.1. The zero-order valence-corrected chi connectivity index (χ0v) is 12.0. The number of carbonyl (C=O) groups is 1. The van der Waals surface area contributed by atoms with E-state index in [9.17, 15) is 4.79 Å². The Balaban J connectivity index is 1.56. The van der Waals surface area contributed by atoms with Crippen LogP contribution in [0, 0.1) is 11.3 Å². The van der Waals surface area contributed by atoms with Crippen molar-refractivity contribution in [2.75, 3.05) is 19.6 Å². The van der Waals surface area contributed by atoms with Gasteiger partial charge in [0.15, 0.2) is 0 Å². The molecule has 19 heavy (non-hydrogen) atoms. The van der Waals surface area contributed by atoms with E-state index in [2.05, 4.69) is 15.6 Å². The van der Waals surface area contributed by atoms with Gasteiger partial charge in [-0.1, -0.05) is 12.8 Å². The highest BCUT2D eigenvalue weighted by molar-refractivity contribution is 7.07. The van der Waals surface area contributed by atoms with E-state index in [1.54, 1.807) is 11.3 Å². The Morgan fingerprint density at radius 2 is 2.53 bits per heavy atom. The average molecular weight is 279 g/mol. The molecule has 1 aliphatic heterocycles. The molecule has 1 aromatic rings. The van der Waals surface area contributed by atoms with Crippen LogP contribution in [0.15, 0.2) is 10.9 Å². The number of rotatable bonds is 4. The number of fused-ring (bicyclic) bond motifs is 1. The maximum absolute atomic E-state index is 12.6. The lowest BCUT2D eigenvalue weighted by Crippen LogP contribution is -2.48. The van der Waals surface area contributed by atoms with Gasteiger partial charge >= 0.3 is 0 Å². The van der Waals surface area contributed by atoms with Gasteiger partial charge in [0, 0.05) is 24.9 Å². The van der Waals surface area contributed by atoms with E-state index in [0.717, 1.165) is 31.6 Å². The summed E-state index contributed by atoms with van der Waals surface area (Å²) in [6.45, 7) is 2.58. The Bertz CT molecular complexity index is 434. The summed E-state index contributed by atoms with van der Waals surface area (Å²) in [5, 5.41) is 8.60. The Kier molecular flexibility index (Phi) is 3.84. The molecule has 1 aliphatic carbocycles. The van der Waals surface area contributed by atoms with E-state index < -0.39 is 0 Å². The Morgan fingerprint density at radius 1 is 1.58 bits per heavy atom. The highest BCUT2D eigenvalue weighted by Gasteiger charge is 2.49. The molecule has 0 bridgehead atoms. The number of hydrogen-bond donors (Lipinski definition) is 2. The number of amides is 1. The van der Waals surface area contributed by atoms with Crippen LogP contribution < -0.4 is 10.6 Å². The van der Waals surface area contributed by atoms with Crippen LogP contribution in [0.2, 0.25) is 0 Å². The van der Waals surface area contributed by atoms with Gasteiger partial charge in [-0.2, -0.15) is 0 Å². The van der Waals surface area contributed by atoms with E-state index >= 15 is 0 Å². The summed E-state index contributed by atoms with van der Waals surface area (Å²) in [7, 11) is 0. The SMILES string of the molecule is O=C(NCCc1cscn1)[C@@]12CCCC[C@H]1CNC2. The molecule has 4 nitrogen and oxygen atoms in total. The van der Waals surface area contributed by atoms with Crippen molar-refractivity contribution in [3.05, 3.63) is 16.6 Å². The van der Waals surface area contributed by atoms with Crippen molar-refractivity contribution in [2.45, 2.75) is 32.1 Å². The van der Waals surface area contributed by atoms with Gasteiger partial charge < -0.3 is 10.6 Å². The smallest absolute Gasteiger partial charge is 0.227 e. The zero-order valence-electron chi connectivity index (χ0n) is 11.2. The molecule has 2 fully saturated rings. The van der Waals surface area contributed by atoms with Crippen LogP contribution in [0.5, 0.6) is 0 Å². The molecule has 2 N–H and O–H groups in total. The summed E-state index contributed by atoms with van der Waals surface area (Å²) in [6.07, 6.45) is 5.56. The molecule has 1 aromatic heterocycles. The second-order valence-corrected chi connectivity index (χ2v) is 6.43. The third-order valence-electron chi connectivity index (χ3n) is 4.64. The number of carbonyl (C=O) groups excluding carboxylic acids is 1. The first-order chi connectivity index (χ1) is 9.31. The summed E-state index contributed by atoms with van der Waals surface area (Å²) in [6, 6.07) is 0. The fourth-order valence-corrected chi connectivity index (χ4v) is 4.12. The first-order valence-electron chi connectivity index (χ1n) is 7.17. The average Bonchev–Trinajstić information content (AvgIpc) is 3.08. The molecule has 2 atom stereocenters. The zero-order chi connectivity index (χ0) is 13.1. The van der Waals surface area contributed by atoms with Gasteiger partial charge in [0.2, 0.25) is 5.91 Å². The van der Waals surface area contributed by atoms with Crippen molar-refractivity contribution in [1.29, 1.82) is 0 Å². The molecule has 1 saturated carbocycles. The van der Waals surface area contributed by atoms with Crippen LogP contribution >= 0.6 is 11.3 Å². The van der Waals surface area contributed by atoms with E-state index in [-0.39, 0.29) is 11.3 Å². The second kappa shape index (κ2) is 5.59. The third kappa shape index (κ3) is 2.54. The summed E-state index contributed by atoms with van der Waals surface area (Å²) in [4.78, 5) is 16.8. The van der Waals surface area contributed by atoms with Gasteiger partial charge in [-0.05, 0) is 25.3 Å². The minimum absolute atomic E-state index is 0.125. The van der Waals surface area contributed by atoms with Gasteiger partial charge in [0.25, 0.3) is 0 Å². The molecule has 2 heterocycles. The van der Waals surface area contributed by atoms with Gasteiger partial charge in [0.05, 0.1) is 16.6 Å². The Morgan fingerprint density at radius 3 is 3.37 bits per heavy atom. The van der Waals surface area contributed by atoms with Gasteiger partial charge in [-0.25, -0.2) is 4.98 Å². The minimum atomic E-state index is -0.125. The quantitative estimate of drug-likeness (QED) is 0.880. The van der Waals surface area contributed by atoms with Crippen LogP contribution in [0.1, 0.15) is 31.4 Å². The van der Waals surface area contributed by atoms with Crippen LogP contribution in [-0.4, -0.2) is 30.5 Å². The molecular formula is C14H21N3OS. The fraction of sp³-hybridized carbons (Fsp3) is 0.714. The van der Waals surface area contributed by atoms with Crippen molar-refractivity contribution in [3.8, 4) is 0 Å². The topological polar surface area (TPSA) is 54.0 Å². The normalized spacial score (nSPS) is 30.0. The lowest BCUT2D eigenvalue weighted by atomic mass is 9.67. The number of nitrogens with zero attached hydrogens (tertiary/aromatic N) is 1. The lowest BCUT2D eigenvalue weighted by Gasteiger charge is -2.37. The largest absolute Gasteiger partial charge is 0.355 e. The molecular weight excluding hydrogens is 258 g/mol. The maximum Gasteiger partial charge on any atom is 0.227 e. The molecule has 1 amide bonds. The number of thiazole rings is 1. The molecule has 5 heteroatoms. The predicted octanol–water partition coefficient (Wildman–Crippen LogP) is 1.58. The van der Waals surface area contributed by atoms with Crippen LogP contribution in [0.4, 0.5) is 0 Å². The van der Waals surface area contributed by atoms with Gasteiger partial charge in [-0.15, -0.1) is 11.3 Å². The molecule has 0 unspecified atom stereocenters. The predicted molar refractivity (Wildman–Crippen MR) is 76.1 cm³/mol. The Labute approximate surface area is 118 Å². The summed E-state index contributed by atoms with van der Waals surface area (Å²) in [5.41, 5.74) is 2.79. The maximum atomic E-state index is 12.6. The molecule has 104 valence electrons. The summed E-state index contributed by atoms with van der Waals surface area (Å²) < 4.78 is 0. The summed E-state index contributed by atoms with van der Waals surface area (Å²) in [5.74, 6) is 0.804.